The maximum atomic E-state index is 11.8. The van der Waals surface area contributed by atoms with Crippen LogP contribution in [0.25, 0.3) is 0 Å². The highest BCUT2D eigenvalue weighted by Gasteiger charge is 2.30. The van der Waals surface area contributed by atoms with Crippen molar-refractivity contribution in [1.82, 2.24) is 10.2 Å². The van der Waals surface area contributed by atoms with E-state index in [9.17, 15) is 9.59 Å². The van der Waals surface area contributed by atoms with Gasteiger partial charge in [0.05, 0.1) is 12.6 Å². The molecule has 0 unspecified atom stereocenters. The van der Waals surface area contributed by atoms with E-state index < -0.39 is 5.41 Å². The number of likely N-dealkylation sites (N-methyl/N-ethyl adjacent to an activating group) is 1. The molecule has 0 aliphatic carbocycles. The van der Waals surface area contributed by atoms with Crippen molar-refractivity contribution in [1.29, 1.82) is 5.26 Å². The number of hydrogen-bond acceptors (Lipinski definition) is 3. The molecule has 0 spiro atoms. The summed E-state index contributed by atoms with van der Waals surface area (Å²) in [4.78, 5) is 24.6. The molecule has 0 atom stereocenters. The van der Waals surface area contributed by atoms with Crippen LogP contribution in [0.1, 0.15) is 27.7 Å². The SMILES string of the molecule is CC(C)CNC(=O)CN(C)C(=O)C(C)(C)C#N. The van der Waals surface area contributed by atoms with Crippen LogP contribution in [0.2, 0.25) is 0 Å². The van der Waals surface area contributed by atoms with Gasteiger partial charge in [0.15, 0.2) is 0 Å². The fraction of sp³-hybridized carbons (Fsp3) is 0.750. The minimum Gasteiger partial charge on any atom is -0.354 e. The van der Waals surface area contributed by atoms with Crippen LogP contribution in [0.4, 0.5) is 0 Å². The number of nitrogens with zero attached hydrogens (tertiary/aromatic N) is 2. The van der Waals surface area contributed by atoms with Gasteiger partial charge >= 0.3 is 0 Å². The molecule has 0 heterocycles. The second-order valence-electron chi connectivity index (χ2n) is 5.10. The van der Waals surface area contributed by atoms with Crippen LogP contribution in [0.5, 0.6) is 0 Å². The molecule has 5 nitrogen and oxygen atoms in total. The maximum Gasteiger partial charge on any atom is 0.242 e. The number of rotatable bonds is 5. The molecule has 0 saturated carbocycles. The van der Waals surface area contributed by atoms with Crippen LogP contribution < -0.4 is 5.32 Å². The Morgan fingerprint density at radius 2 is 1.94 bits per heavy atom. The molecule has 0 fully saturated rings. The van der Waals surface area contributed by atoms with Gasteiger partial charge in [-0.15, -0.1) is 0 Å². The smallest absolute Gasteiger partial charge is 0.242 e. The summed E-state index contributed by atoms with van der Waals surface area (Å²) in [5.41, 5.74) is -1.09. The molecule has 0 aliphatic rings. The maximum absolute atomic E-state index is 11.8. The van der Waals surface area contributed by atoms with Gasteiger partial charge in [0.2, 0.25) is 11.8 Å². The average Bonchev–Trinajstić information content (AvgIpc) is 2.25. The van der Waals surface area contributed by atoms with Gasteiger partial charge in [0, 0.05) is 13.6 Å². The predicted molar refractivity (Wildman–Crippen MR) is 64.9 cm³/mol. The molecule has 0 aromatic rings. The predicted octanol–water partition coefficient (Wildman–Crippen LogP) is 0.767. The van der Waals surface area contributed by atoms with E-state index in [0.29, 0.717) is 12.5 Å². The van der Waals surface area contributed by atoms with E-state index in [1.54, 1.807) is 0 Å². The second-order valence-corrected chi connectivity index (χ2v) is 5.10. The zero-order chi connectivity index (χ0) is 13.6. The van der Waals surface area contributed by atoms with Crippen molar-refractivity contribution in [3.05, 3.63) is 0 Å². The molecular formula is C12H21N3O2. The minimum absolute atomic E-state index is 0.0172. The van der Waals surface area contributed by atoms with E-state index >= 15 is 0 Å². The van der Waals surface area contributed by atoms with Crippen molar-refractivity contribution in [2.75, 3.05) is 20.1 Å². The van der Waals surface area contributed by atoms with Crippen molar-refractivity contribution >= 4 is 11.8 Å². The van der Waals surface area contributed by atoms with Gasteiger partial charge in [-0.05, 0) is 19.8 Å². The minimum atomic E-state index is -1.09. The van der Waals surface area contributed by atoms with Gasteiger partial charge in [0.1, 0.15) is 5.41 Å². The summed E-state index contributed by atoms with van der Waals surface area (Å²) in [6.45, 7) is 7.64. The average molecular weight is 239 g/mol. The monoisotopic (exact) mass is 239 g/mol. The lowest BCUT2D eigenvalue weighted by molar-refractivity contribution is -0.139. The molecule has 2 amide bonds. The topological polar surface area (TPSA) is 73.2 Å². The molecule has 1 N–H and O–H groups in total. The highest BCUT2D eigenvalue weighted by Crippen LogP contribution is 2.16. The van der Waals surface area contributed by atoms with Crippen molar-refractivity contribution in [2.45, 2.75) is 27.7 Å². The number of carbonyl (C=O) groups is 2. The lowest BCUT2D eigenvalue weighted by Gasteiger charge is -2.23. The Balaban J connectivity index is 4.27. The molecule has 5 heteroatoms. The van der Waals surface area contributed by atoms with Crippen molar-refractivity contribution in [3.63, 3.8) is 0 Å². The Morgan fingerprint density at radius 3 is 2.35 bits per heavy atom. The van der Waals surface area contributed by atoms with Gasteiger partial charge in [0.25, 0.3) is 0 Å². The van der Waals surface area contributed by atoms with Crippen LogP contribution in [0.3, 0.4) is 0 Å². The molecule has 17 heavy (non-hydrogen) atoms. The molecule has 0 aliphatic heterocycles. The number of nitriles is 1. The Morgan fingerprint density at radius 1 is 1.41 bits per heavy atom. The summed E-state index contributed by atoms with van der Waals surface area (Å²) in [7, 11) is 1.52. The third-order valence-corrected chi connectivity index (χ3v) is 2.25. The first-order chi connectivity index (χ1) is 7.70. The lowest BCUT2D eigenvalue weighted by atomic mass is 9.94. The largest absolute Gasteiger partial charge is 0.354 e. The van der Waals surface area contributed by atoms with E-state index in [1.165, 1.54) is 25.8 Å². The number of hydrogen-bond donors (Lipinski definition) is 1. The van der Waals surface area contributed by atoms with Crippen molar-refractivity contribution in [2.24, 2.45) is 11.3 Å². The quantitative estimate of drug-likeness (QED) is 0.770. The summed E-state index contributed by atoms with van der Waals surface area (Å²) < 4.78 is 0. The first-order valence-corrected chi connectivity index (χ1v) is 5.64. The summed E-state index contributed by atoms with van der Waals surface area (Å²) in [5, 5.41) is 11.5. The summed E-state index contributed by atoms with van der Waals surface area (Å²) >= 11 is 0. The first kappa shape index (κ1) is 15.4. The van der Waals surface area contributed by atoms with E-state index in [2.05, 4.69) is 5.32 Å². The highest BCUT2D eigenvalue weighted by atomic mass is 16.2. The standard InChI is InChI=1S/C12H21N3O2/c1-9(2)6-14-10(16)7-15(5)11(17)12(3,4)8-13/h9H,6-7H2,1-5H3,(H,14,16). The number of amides is 2. The summed E-state index contributed by atoms with van der Waals surface area (Å²) in [6, 6.07) is 1.92. The van der Waals surface area contributed by atoms with Gasteiger partial charge in [-0.3, -0.25) is 9.59 Å². The lowest BCUT2D eigenvalue weighted by Crippen LogP contribution is -2.44. The highest BCUT2D eigenvalue weighted by molar-refractivity contribution is 5.88. The van der Waals surface area contributed by atoms with Crippen LogP contribution in [0.15, 0.2) is 0 Å². The molecule has 0 bridgehead atoms. The van der Waals surface area contributed by atoms with Gasteiger partial charge in [-0.25, -0.2) is 0 Å². The Labute approximate surface area is 103 Å². The van der Waals surface area contributed by atoms with Crippen LogP contribution >= 0.6 is 0 Å². The number of nitrogens with one attached hydrogen (secondary N) is 1. The van der Waals surface area contributed by atoms with E-state index in [1.807, 2.05) is 19.9 Å². The van der Waals surface area contributed by atoms with Crippen LogP contribution in [0, 0.1) is 22.7 Å². The fourth-order valence-corrected chi connectivity index (χ4v) is 1.19. The van der Waals surface area contributed by atoms with Gasteiger partial charge in [-0.2, -0.15) is 5.26 Å². The molecule has 0 aromatic heterocycles. The normalized spacial score (nSPS) is 10.9. The summed E-state index contributed by atoms with van der Waals surface area (Å²) in [6.07, 6.45) is 0. The Kier molecular flexibility index (Phi) is 5.66. The Hall–Kier alpha value is -1.57. The molecule has 0 radical (unpaired) electrons. The second kappa shape index (κ2) is 6.24. The van der Waals surface area contributed by atoms with Gasteiger partial charge < -0.3 is 10.2 Å². The zero-order valence-electron chi connectivity index (χ0n) is 11.2. The van der Waals surface area contributed by atoms with Crippen LogP contribution in [-0.2, 0) is 9.59 Å². The summed E-state index contributed by atoms with van der Waals surface area (Å²) in [5.74, 6) is -0.182. The molecule has 0 saturated heterocycles. The first-order valence-electron chi connectivity index (χ1n) is 5.64. The molecule has 96 valence electrons. The van der Waals surface area contributed by atoms with E-state index in [4.69, 9.17) is 5.26 Å². The van der Waals surface area contributed by atoms with Crippen molar-refractivity contribution in [3.8, 4) is 6.07 Å². The molecule has 0 aromatic carbocycles. The number of carbonyl (C=O) groups excluding carboxylic acids is 2. The third-order valence-electron chi connectivity index (χ3n) is 2.25. The Bertz CT molecular complexity index is 329. The van der Waals surface area contributed by atoms with E-state index in [-0.39, 0.29) is 18.4 Å². The van der Waals surface area contributed by atoms with E-state index in [0.717, 1.165) is 0 Å². The van der Waals surface area contributed by atoms with Gasteiger partial charge in [-0.1, -0.05) is 13.8 Å². The molecular weight excluding hydrogens is 218 g/mol. The third kappa shape index (κ3) is 5.34. The van der Waals surface area contributed by atoms with Crippen molar-refractivity contribution < 1.29 is 9.59 Å². The molecule has 0 rings (SSSR count). The van der Waals surface area contributed by atoms with Crippen LogP contribution in [-0.4, -0.2) is 36.9 Å². The fourth-order valence-electron chi connectivity index (χ4n) is 1.19. The zero-order valence-corrected chi connectivity index (χ0v) is 11.2.